The van der Waals surface area contributed by atoms with Gasteiger partial charge in [-0.2, -0.15) is 0 Å². The van der Waals surface area contributed by atoms with Crippen molar-refractivity contribution in [2.75, 3.05) is 6.54 Å². The smallest absolute Gasteiger partial charge is 0.0605 e. The minimum atomic E-state index is 0.458. The van der Waals surface area contributed by atoms with Crippen LogP contribution in [0.3, 0.4) is 0 Å². The first-order valence-corrected chi connectivity index (χ1v) is 7.97. The molecule has 106 valence electrons. The quantitative estimate of drug-likeness (QED) is 0.794. The van der Waals surface area contributed by atoms with E-state index in [-0.39, 0.29) is 0 Å². The first-order valence-electron chi connectivity index (χ1n) is 7.97. The van der Waals surface area contributed by atoms with Crippen LogP contribution in [0.5, 0.6) is 0 Å². The fraction of sp³-hybridized carbons (Fsp3) is 0.706. The maximum atomic E-state index is 4.67. The molecule has 0 radical (unpaired) electrons. The van der Waals surface area contributed by atoms with Gasteiger partial charge in [0.05, 0.1) is 11.7 Å². The monoisotopic (exact) mass is 260 g/mol. The van der Waals surface area contributed by atoms with E-state index in [0.717, 1.165) is 12.5 Å². The van der Waals surface area contributed by atoms with Gasteiger partial charge in [-0.3, -0.25) is 4.98 Å². The highest BCUT2D eigenvalue weighted by Crippen LogP contribution is 2.33. The van der Waals surface area contributed by atoms with Crippen molar-refractivity contribution in [3.8, 4) is 0 Å². The molecule has 0 spiro atoms. The lowest BCUT2D eigenvalue weighted by atomic mass is 9.88. The van der Waals surface area contributed by atoms with Gasteiger partial charge in [-0.25, -0.2) is 0 Å². The van der Waals surface area contributed by atoms with Gasteiger partial charge in [-0.05, 0) is 50.3 Å². The molecule has 1 aromatic rings. The van der Waals surface area contributed by atoms with Crippen LogP contribution in [0.4, 0.5) is 0 Å². The Kier molecular flexibility index (Phi) is 5.84. The minimum absolute atomic E-state index is 0.458. The minimum Gasteiger partial charge on any atom is -0.308 e. The number of aryl methyl sites for hydroxylation is 1. The van der Waals surface area contributed by atoms with E-state index >= 15 is 0 Å². The molecule has 1 atom stereocenters. The summed E-state index contributed by atoms with van der Waals surface area (Å²) in [4.78, 5) is 4.67. The van der Waals surface area contributed by atoms with E-state index in [1.807, 2.05) is 12.3 Å². The van der Waals surface area contributed by atoms with Crippen LogP contribution >= 0.6 is 0 Å². The molecule has 2 nitrogen and oxygen atoms in total. The second-order valence-electron chi connectivity index (χ2n) is 5.89. The van der Waals surface area contributed by atoms with Gasteiger partial charge < -0.3 is 5.32 Å². The zero-order chi connectivity index (χ0) is 13.5. The summed E-state index contributed by atoms with van der Waals surface area (Å²) >= 11 is 0. The number of hydrogen-bond donors (Lipinski definition) is 1. The maximum absolute atomic E-state index is 4.67. The van der Waals surface area contributed by atoms with E-state index < -0.39 is 0 Å². The Hall–Kier alpha value is -0.890. The van der Waals surface area contributed by atoms with E-state index in [2.05, 4.69) is 30.2 Å². The third-order valence-corrected chi connectivity index (χ3v) is 4.33. The molecule has 1 fully saturated rings. The van der Waals surface area contributed by atoms with Gasteiger partial charge in [-0.15, -0.1) is 0 Å². The molecule has 1 aliphatic carbocycles. The Labute approximate surface area is 118 Å². The summed E-state index contributed by atoms with van der Waals surface area (Å²) in [5, 5.41) is 3.76. The molecular weight excluding hydrogens is 232 g/mol. The Morgan fingerprint density at radius 1 is 1.26 bits per heavy atom. The Balaban J connectivity index is 2.16. The van der Waals surface area contributed by atoms with E-state index in [1.54, 1.807) is 0 Å². The molecule has 0 aromatic carbocycles. The van der Waals surface area contributed by atoms with E-state index in [1.165, 1.54) is 56.2 Å². The predicted molar refractivity (Wildman–Crippen MR) is 81.2 cm³/mol. The molecule has 1 heterocycles. The molecular formula is C17H28N2. The first kappa shape index (κ1) is 14.5. The largest absolute Gasteiger partial charge is 0.308 e. The van der Waals surface area contributed by atoms with Gasteiger partial charge in [0.25, 0.3) is 0 Å². The van der Waals surface area contributed by atoms with Gasteiger partial charge in [0.15, 0.2) is 0 Å². The van der Waals surface area contributed by atoms with Crippen molar-refractivity contribution < 1.29 is 0 Å². The number of hydrogen-bond acceptors (Lipinski definition) is 2. The molecule has 2 heteroatoms. The van der Waals surface area contributed by atoms with Crippen molar-refractivity contribution in [3.63, 3.8) is 0 Å². The highest BCUT2D eigenvalue weighted by atomic mass is 14.9. The highest BCUT2D eigenvalue weighted by Gasteiger charge is 2.25. The van der Waals surface area contributed by atoms with Crippen LogP contribution in [0.1, 0.15) is 69.2 Å². The summed E-state index contributed by atoms with van der Waals surface area (Å²) in [5.41, 5.74) is 2.61. The molecule has 1 saturated carbocycles. The zero-order valence-electron chi connectivity index (χ0n) is 12.5. The van der Waals surface area contributed by atoms with Crippen molar-refractivity contribution >= 4 is 0 Å². The second kappa shape index (κ2) is 7.64. The van der Waals surface area contributed by atoms with Crippen molar-refractivity contribution in [1.29, 1.82) is 0 Å². The van der Waals surface area contributed by atoms with Crippen LogP contribution in [0.25, 0.3) is 0 Å². The third kappa shape index (κ3) is 4.04. The molecule has 1 N–H and O–H groups in total. The summed E-state index contributed by atoms with van der Waals surface area (Å²) in [7, 11) is 0. The summed E-state index contributed by atoms with van der Waals surface area (Å²) < 4.78 is 0. The zero-order valence-corrected chi connectivity index (χ0v) is 12.5. The average molecular weight is 260 g/mol. The van der Waals surface area contributed by atoms with Crippen molar-refractivity contribution in [2.24, 2.45) is 5.92 Å². The lowest BCUT2D eigenvalue weighted by Crippen LogP contribution is -2.30. The summed E-state index contributed by atoms with van der Waals surface area (Å²) in [6.45, 7) is 5.53. The number of rotatable bonds is 5. The Morgan fingerprint density at radius 2 is 2.00 bits per heavy atom. The Bertz CT molecular complexity index is 367. The molecule has 0 saturated heterocycles. The number of nitrogens with one attached hydrogen (secondary N) is 1. The molecule has 1 aliphatic rings. The fourth-order valence-corrected chi connectivity index (χ4v) is 3.25. The van der Waals surface area contributed by atoms with Gasteiger partial charge in [-0.1, -0.05) is 38.7 Å². The van der Waals surface area contributed by atoms with Crippen molar-refractivity contribution in [1.82, 2.24) is 10.3 Å². The van der Waals surface area contributed by atoms with E-state index in [0.29, 0.717) is 6.04 Å². The molecule has 2 rings (SSSR count). The SMILES string of the molecule is CCCNC(c1ncccc1C)C1CCCCCC1. The maximum Gasteiger partial charge on any atom is 0.0605 e. The van der Waals surface area contributed by atoms with Gasteiger partial charge >= 0.3 is 0 Å². The standard InChI is InChI=1S/C17H28N2/c1-3-12-18-17(15-10-6-4-5-7-11-15)16-14(2)9-8-13-19-16/h8-9,13,15,17-18H,3-7,10-12H2,1-2H3. The number of aromatic nitrogens is 1. The topological polar surface area (TPSA) is 24.9 Å². The lowest BCUT2D eigenvalue weighted by Gasteiger charge is -2.28. The summed E-state index contributed by atoms with van der Waals surface area (Å²) in [6, 6.07) is 4.70. The van der Waals surface area contributed by atoms with E-state index in [9.17, 15) is 0 Å². The van der Waals surface area contributed by atoms with Crippen molar-refractivity contribution in [2.45, 2.75) is 64.8 Å². The summed E-state index contributed by atoms with van der Waals surface area (Å²) in [6.07, 6.45) is 11.5. The van der Waals surface area contributed by atoms with Gasteiger partial charge in [0.1, 0.15) is 0 Å². The molecule has 1 unspecified atom stereocenters. The van der Waals surface area contributed by atoms with Crippen molar-refractivity contribution in [3.05, 3.63) is 29.6 Å². The van der Waals surface area contributed by atoms with Crippen LogP contribution in [0.2, 0.25) is 0 Å². The first-order chi connectivity index (χ1) is 9.33. The van der Waals surface area contributed by atoms with Crippen LogP contribution in [-0.2, 0) is 0 Å². The molecule has 0 amide bonds. The lowest BCUT2D eigenvalue weighted by molar-refractivity contribution is 0.319. The second-order valence-corrected chi connectivity index (χ2v) is 5.89. The normalized spacial score (nSPS) is 19.1. The predicted octanol–water partition coefficient (Wildman–Crippen LogP) is 4.40. The molecule has 0 aliphatic heterocycles. The van der Waals surface area contributed by atoms with Crippen LogP contribution in [-0.4, -0.2) is 11.5 Å². The Morgan fingerprint density at radius 3 is 2.63 bits per heavy atom. The van der Waals surface area contributed by atoms with Gasteiger partial charge in [0, 0.05) is 6.20 Å². The van der Waals surface area contributed by atoms with Crippen LogP contribution in [0.15, 0.2) is 18.3 Å². The molecule has 0 bridgehead atoms. The number of nitrogens with zero attached hydrogens (tertiary/aromatic N) is 1. The summed E-state index contributed by atoms with van der Waals surface area (Å²) in [5.74, 6) is 0.766. The van der Waals surface area contributed by atoms with Crippen LogP contribution in [0, 0.1) is 12.8 Å². The van der Waals surface area contributed by atoms with Gasteiger partial charge in [0.2, 0.25) is 0 Å². The van der Waals surface area contributed by atoms with E-state index in [4.69, 9.17) is 0 Å². The molecule has 19 heavy (non-hydrogen) atoms. The third-order valence-electron chi connectivity index (χ3n) is 4.33. The highest BCUT2D eigenvalue weighted by molar-refractivity contribution is 5.21. The molecule has 1 aromatic heterocycles. The fourth-order valence-electron chi connectivity index (χ4n) is 3.25. The average Bonchev–Trinajstić information content (AvgIpc) is 2.70. The van der Waals surface area contributed by atoms with Crippen LogP contribution < -0.4 is 5.32 Å². The number of pyridine rings is 1.